The first-order valence-electron chi connectivity index (χ1n) is 26.2. The summed E-state index contributed by atoms with van der Waals surface area (Å²) in [6.45, 7) is 3.53. The van der Waals surface area contributed by atoms with E-state index in [2.05, 4.69) is 73.5 Å². The summed E-state index contributed by atoms with van der Waals surface area (Å²) >= 11 is 0. The van der Waals surface area contributed by atoms with Gasteiger partial charge in [0.2, 0.25) is 47.3 Å². The number of hydrogen-bond acceptors (Lipinski definition) is 18. The Balaban J connectivity index is 1.35. The minimum absolute atomic E-state index is 0.00154. The van der Waals surface area contributed by atoms with E-state index in [1.165, 1.54) is 34.8 Å². The maximum Gasteiger partial charge on any atom is 0.243 e. The van der Waals surface area contributed by atoms with E-state index in [0.29, 0.717) is 94.1 Å². The minimum Gasteiger partial charge on any atom is -0.354 e. The zero-order chi connectivity index (χ0) is 56.8. The molecule has 3 atom stereocenters. The van der Waals surface area contributed by atoms with Crippen LogP contribution < -0.4 is 42.5 Å². The average Bonchev–Trinajstić information content (AvgIpc) is 4.17. The van der Waals surface area contributed by atoms with E-state index < -0.39 is 66.5 Å². The Morgan fingerprint density at radius 2 is 0.808 bits per heavy atom. The molecule has 0 bridgehead atoms. The SMILES string of the molecule is CC(=O)CCc1cn(CC(=O)NCCCC[C@@H]2NC(=O)CNC(=O)[C@H](CCCCNC(=O)Cn3cc(CCC(C)=O)nn3)NC(=O)CNC(=O)[C@H](CCCCNC(=O)Cn3cc(CCC(C)=O)nn3)NC(=O)CCC2=O)nn1. The maximum absolute atomic E-state index is 13.7. The van der Waals surface area contributed by atoms with Crippen molar-refractivity contribution in [2.75, 3.05) is 32.7 Å². The van der Waals surface area contributed by atoms with Crippen molar-refractivity contribution in [3.63, 3.8) is 0 Å². The van der Waals surface area contributed by atoms with Gasteiger partial charge in [0, 0.05) is 70.3 Å². The van der Waals surface area contributed by atoms with Gasteiger partial charge in [0.25, 0.3) is 0 Å². The van der Waals surface area contributed by atoms with Gasteiger partial charge in [-0.2, -0.15) is 0 Å². The van der Waals surface area contributed by atoms with E-state index in [1.54, 1.807) is 18.6 Å². The van der Waals surface area contributed by atoms with Crippen LogP contribution in [0.4, 0.5) is 0 Å². The maximum atomic E-state index is 13.7. The van der Waals surface area contributed by atoms with Crippen LogP contribution in [0.2, 0.25) is 0 Å². The summed E-state index contributed by atoms with van der Waals surface area (Å²) in [5.74, 6) is -5.13. The molecule has 78 heavy (non-hydrogen) atoms. The predicted octanol–water partition coefficient (Wildman–Crippen LogP) is -2.66. The fourth-order valence-corrected chi connectivity index (χ4v) is 7.82. The molecule has 0 saturated carbocycles. The van der Waals surface area contributed by atoms with Gasteiger partial charge in [0.1, 0.15) is 49.1 Å². The number of rotatable bonds is 30. The van der Waals surface area contributed by atoms with Crippen LogP contribution in [0.15, 0.2) is 18.6 Å². The number of carbonyl (C=O) groups excluding carboxylic acids is 12. The summed E-state index contributed by atoms with van der Waals surface area (Å²) in [5.41, 5.74) is 1.71. The second-order valence-electron chi connectivity index (χ2n) is 19.1. The third-order valence-corrected chi connectivity index (χ3v) is 12.1. The molecule has 0 spiro atoms. The number of carbonyl (C=O) groups is 12. The van der Waals surface area contributed by atoms with Gasteiger partial charge in [-0.25, -0.2) is 14.0 Å². The lowest BCUT2D eigenvalue weighted by molar-refractivity contribution is -0.133. The third-order valence-electron chi connectivity index (χ3n) is 12.1. The number of aromatic nitrogens is 9. The van der Waals surface area contributed by atoms with Crippen LogP contribution in [0.25, 0.3) is 0 Å². The highest BCUT2D eigenvalue weighted by atomic mass is 16.2. The van der Waals surface area contributed by atoms with Crippen LogP contribution in [-0.2, 0) is 96.4 Å². The Labute approximate surface area is 450 Å². The molecule has 1 fully saturated rings. The molecule has 426 valence electrons. The van der Waals surface area contributed by atoms with Crippen LogP contribution in [0.5, 0.6) is 0 Å². The Kier molecular flexibility index (Phi) is 27.0. The molecular weight excluding hydrogens is 1020 g/mol. The summed E-state index contributed by atoms with van der Waals surface area (Å²) in [4.78, 5) is 152. The summed E-state index contributed by atoms with van der Waals surface area (Å²) in [7, 11) is 0. The molecule has 0 radical (unpaired) electrons. The molecule has 29 heteroatoms. The smallest absolute Gasteiger partial charge is 0.243 e. The third kappa shape index (κ3) is 25.6. The molecule has 0 unspecified atom stereocenters. The van der Waals surface area contributed by atoms with Crippen LogP contribution in [0.1, 0.15) is 128 Å². The number of Topliss-reactive ketones (excluding diaryl/α,β-unsaturated/α-hetero) is 4. The Bertz CT molecular complexity index is 2280. The largest absolute Gasteiger partial charge is 0.354 e. The number of amides is 8. The van der Waals surface area contributed by atoms with E-state index in [4.69, 9.17) is 0 Å². The molecule has 1 saturated heterocycles. The first kappa shape index (κ1) is 62.4. The van der Waals surface area contributed by atoms with Crippen LogP contribution in [0.3, 0.4) is 0 Å². The molecule has 0 aromatic carbocycles. The molecule has 4 rings (SSSR count). The van der Waals surface area contributed by atoms with Gasteiger partial charge in [-0.05, 0) is 97.8 Å². The Morgan fingerprint density at radius 3 is 1.17 bits per heavy atom. The zero-order valence-corrected chi connectivity index (χ0v) is 44.6. The standard InChI is InChI=1S/C49H73N17O12/c1-32(67)13-16-35-26-64(61-58-35)29-45(74)50-21-7-4-10-38-41(70)19-20-42(71)56-39(11-5-8-22-51-46(75)30-65-27-36(59-62-65)17-14-33(2)68)48(77)54-25-44(73)57-40(49(78)53-24-43(72)55-38)12-6-9-23-52-47(76)31-66-28-37(60-63-66)18-15-34(3)69/h26-28,38-40H,4-25,29-31H2,1-3H3,(H,50,74)(H,51,75)(H,52,76)(H,53,78)(H,54,77)(H,55,72)(H,56,71)(H,57,73)/t38-,39-,40-/m0/s1. The van der Waals surface area contributed by atoms with Crippen molar-refractivity contribution in [3.8, 4) is 0 Å². The van der Waals surface area contributed by atoms with Crippen molar-refractivity contribution in [2.45, 2.75) is 168 Å². The second kappa shape index (κ2) is 33.8. The molecule has 0 aliphatic carbocycles. The molecule has 8 N–H and O–H groups in total. The van der Waals surface area contributed by atoms with Crippen LogP contribution >= 0.6 is 0 Å². The van der Waals surface area contributed by atoms with Crippen molar-refractivity contribution < 1.29 is 57.5 Å². The van der Waals surface area contributed by atoms with Gasteiger partial charge >= 0.3 is 0 Å². The number of hydrogen-bond donors (Lipinski definition) is 8. The lowest BCUT2D eigenvalue weighted by Gasteiger charge is -2.22. The van der Waals surface area contributed by atoms with Gasteiger partial charge < -0.3 is 56.9 Å². The fourth-order valence-electron chi connectivity index (χ4n) is 7.82. The number of ketones is 4. The van der Waals surface area contributed by atoms with E-state index >= 15 is 0 Å². The average molecular weight is 1090 g/mol. The van der Waals surface area contributed by atoms with E-state index in [-0.39, 0.29) is 106 Å². The lowest BCUT2D eigenvalue weighted by atomic mass is 10.0. The zero-order valence-electron chi connectivity index (χ0n) is 44.6. The Hall–Kier alpha value is -8.14. The normalized spacial score (nSPS) is 16.8. The topological polar surface area (TPSA) is 393 Å². The van der Waals surface area contributed by atoms with E-state index in [1.807, 2.05) is 0 Å². The second-order valence-corrected chi connectivity index (χ2v) is 19.1. The number of aryl methyl sites for hydroxylation is 3. The van der Waals surface area contributed by atoms with E-state index in [0.717, 1.165) is 0 Å². The summed E-state index contributed by atoms with van der Waals surface area (Å²) < 4.78 is 4.05. The molecular formula is C49H73N17O12. The first-order valence-corrected chi connectivity index (χ1v) is 26.2. The molecule has 29 nitrogen and oxygen atoms in total. The summed E-state index contributed by atoms with van der Waals surface area (Å²) in [5, 5.41) is 44.8. The van der Waals surface area contributed by atoms with Gasteiger partial charge in [-0.1, -0.05) is 15.6 Å². The molecule has 8 amide bonds. The van der Waals surface area contributed by atoms with Crippen LogP contribution in [0, 0.1) is 0 Å². The van der Waals surface area contributed by atoms with Gasteiger partial charge in [0.05, 0.1) is 36.2 Å². The molecule has 1 aliphatic rings. The van der Waals surface area contributed by atoms with Gasteiger partial charge in [0.15, 0.2) is 5.78 Å². The Morgan fingerprint density at radius 1 is 0.474 bits per heavy atom. The van der Waals surface area contributed by atoms with Crippen molar-refractivity contribution in [1.82, 2.24) is 87.5 Å². The number of nitrogens with zero attached hydrogens (tertiary/aromatic N) is 9. The quantitative estimate of drug-likeness (QED) is 0.0316. The van der Waals surface area contributed by atoms with Crippen LogP contribution in [-0.4, -0.2) is 166 Å². The highest BCUT2D eigenvalue weighted by Crippen LogP contribution is 2.10. The number of nitrogens with one attached hydrogen (secondary N) is 8. The molecule has 3 aromatic heterocycles. The molecule has 1 aliphatic heterocycles. The number of unbranched alkanes of at least 4 members (excludes halogenated alkanes) is 3. The molecule has 4 heterocycles. The first-order chi connectivity index (χ1) is 37.3. The summed E-state index contributed by atoms with van der Waals surface area (Å²) in [6.07, 6.45) is 8.54. The highest BCUT2D eigenvalue weighted by Gasteiger charge is 2.27. The molecule has 3 aromatic rings. The van der Waals surface area contributed by atoms with Gasteiger partial charge in [-0.15, -0.1) is 15.3 Å². The van der Waals surface area contributed by atoms with Crippen molar-refractivity contribution in [3.05, 3.63) is 35.7 Å². The fraction of sp³-hybridized carbons (Fsp3) is 0.633. The van der Waals surface area contributed by atoms with Crippen molar-refractivity contribution in [2.24, 2.45) is 0 Å². The minimum atomic E-state index is -1.20. The van der Waals surface area contributed by atoms with Crippen molar-refractivity contribution in [1.29, 1.82) is 0 Å². The summed E-state index contributed by atoms with van der Waals surface area (Å²) in [6, 6.07) is -3.47. The monoisotopic (exact) mass is 1090 g/mol. The highest BCUT2D eigenvalue weighted by molar-refractivity contribution is 5.96. The van der Waals surface area contributed by atoms with Gasteiger partial charge in [-0.3, -0.25) is 43.2 Å². The van der Waals surface area contributed by atoms with Crippen molar-refractivity contribution >= 4 is 70.4 Å². The lowest BCUT2D eigenvalue weighted by Crippen LogP contribution is -2.53. The predicted molar refractivity (Wildman–Crippen MR) is 274 cm³/mol. The van der Waals surface area contributed by atoms with E-state index in [9.17, 15) is 57.5 Å².